The summed E-state index contributed by atoms with van der Waals surface area (Å²) in [5.41, 5.74) is 3.13. The van der Waals surface area contributed by atoms with E-state index in [1.54, 1.807) is 12.1 Å². The third-order valence-electron chi connectivity index (χ3n) is 4.30. The molecule has 1 aromatic heterocycles. The second-order valence-corrected chi connectivity index (χ2v) is 6.58. The van der Waals surface area contributed by atoms with Crippen LogP contribution in [0.4, 0.5) is 5.69 Å². The molecule has 0 aliphatic heterocycles. The van der Waals surface area contributed by atoms with Gasteiger partial charge in [-0.25, -0.2) is 0 Å². The number of aryl methyl sites for hydroxylation is 1. The largest absolute Gasteiger partial charge is 0.348 e. The van der Waals surface area contributed by atoms with Crippen LogP contribution in [0, 0.1) is 0 Å². The molecule has 5 nitrogen and oxygen atoms in total. The molecule has 0 fully saturated rings. The molecule has 0 unspecified atom stereocenters. The van der Waals surface area contributed by atoms with Crippen LogP contribution in [0.3, 0.4) is 0 Å². The maximum absolute atomic E-state index is 12.6. The standard InChI is InChI=1S/C22H20ClN3O2/c1-2-15-7-4-6-10-19(15)26-22(28)20-13-16(11-12-24-20)21(27)25-14-17-8-3-5-9-18(17)23/h3-13H,2,14H2,1H3,(H,25,27)(H,26,28). The van der Waals surface area contributed by atoms with Gasteiger partial charge in [0, 0.05) is 29.0 Å². The highest BCUT2D eigenvalue weighted by molar-refractivity contribution is 6.31. The van der Waals surface area contributed by atoms with Gasteiger partial charge in [0.05, 0.1) is 0 Å². The maximum atomic E-state index is 12.6. The topological polar surface area (TPSA) is 71.1 Å². The van der Waals surface area contributed by atoms with Crippen molar-refractivity contribution in [2.45, 2.75) is 19.9 Å². The molecule has 3 aromatic rings. The minimum atomic E-state index is -0.360. The molecule has 1 heterocycles. The van der Waals surface area contributed by atoms with Crippen molar-refractivity contribution >= 4 is 29.1 Å². The minimum absolute atomic E-state index is 0.177. The molecule has 3 rings (SSSR count). The van der Waals surface area contributed by atoms with Gasteiger partial charge in [-0.3, -0.25) is 14.6 Å². The van der Waals surface area contributed by atoms with Gasteiger partial charge in [-0.15, -0.1) is 0 Å². The molecule has 0 radical (unpaired) electrons. The first kappa shape index (κ1) is 19.6. The number of benzene rings is 2. The molecule has 142 valence electrons. The second kappa shape index (κ2) is 9.15. The van der Waals surface area contributed by atoms with E-state index in [1.807, 2.05) is 49.4 Å². The van der Waals surface area contributed by atoms with E-state index in [9.17, 15) is 9.59 Å². The van der Waals surface area contributed by atoms with Crippen LogP contribution in [-0.2, 0) is 13.0 Å². The summed E-state index contributed by atoms with van der Waals surface area (Å²) in [4.78, 5) is 29.1. The van der Waals surface area contributed by atoms with E-state index in [1.165, 1.54) is 12.3 Å². The third kappa shape index (κ3) is 4.75. The molecule has 0 atom stereocenters. The quantitative estimate of drug-likeness (QED) is 0.648. The second-order valence-electron chi connectivity index (χ2n) is 6.17. The monoisotopic (exact) mass is 393 g/mol. The van der Waals surface area contributed by atoms with Gasteiger partial charge < -0.3 is 10.6 Å². The Labute approximate surface area is 168 Å². The number of carbonyl (C=O) groups is 2. The van der Waals surface area contributed by atoms with E-state index in [4.69, 9.17) is 11.6 Å². The van der Waals surface area contributed by atoms with Crippen molar-refractivity contribution in [2.75, 3.05) is 5.32 Å². The van der Waals surface area contributed by atoms with Crippen molar-refractivity contribution in [1.82, 2.24) is 10.3 Å². The molecule has 0 saturated heterocycles. The van der Waals surface area contributed by atoms with Gasteiger partial charge in [-0.1, -0.05) is 54.9 Å². The molecule has 0 aliphatic rings. The van der Waals surface area contributed by atoms with Crippen LogP contribution in [0.1, 0.15) is 38.9 Å². The Morgan fingerprint density at radius 2 is 1.68 bits per heavy atom. The van der Waals surface area contributed by atoms with Gasteiger partial charge in [0.1, 0.15) is 5.69 Å². The summed E-state index contributed by atoms with van der Waals surface area (Å²) in [5, 5.41) is 6.26. The molecule has 6 heteroatoms. The van der Waals surface area contributed by atoms with Gasteiger partial charge in [0.15, 0.2) is 0 Å². The Bertz CT molecular complexity index is 1000. The van der Waals surface area contributed by atoms with Crippen LogP contribution < -0.4 is 10.6 Å². The highest BCUT2D eigenvalue weighted by atomic mass is 35.5. The van der Waals surface area contributed by atoms with E-state index in [2.05, 4.69) is 15.6 Å². The lowest BCUT2D eigenvalue weighted by atomic mass is 10.1. The lowest BCUT2D eigenvalue weighted by Gasteiger charge is -2.10. The number of nitrogens with one attached hydrogen (secondary N) is 2. The number of para-hydroxylation sites is 1. The SMILES string of the molecule is CCc1ccccc1NC(=O)c1cc(C(=O)NCc2ccccc2Cl)ccn1. The lowest BCUT2D eigenvalue weighted by molar-refractivity contribution is 0.0951. The molecular weight excluding hydrogens is 374 g/mol. The Morgan fingerprint density at radius 1 is 0.964 bits per heavy atom. The van der Waals surface area contributed by atoms with Gasteiger partial charge in [0.2, 0.25) is 0 Å². The number of pyridine rings is 1. The highest BCUT2D eigenvalue weighted by Crippen LogP contribution is 2.17. The zero-order chi connectivity index (χ0) is 19.9. The first-order valence-electron chi connectivity index (χ1n) is 8.95. The fourth-order valence-electron chi connectivity index (χ4n) is 2.75. The number of carbonyl (C=O) groups excluding carboxylic acids is 2. The summed E-state index contributed by atoms with van der Waals surface area (Å²) < 4.78 is 0. The third-order valence-corrected chi connectivity index (χ3v) is 4.67. The number of aromatic nitrogens is 1. The summed E-state index contributed by atoms with van der Waals surface area (Å²) in [7, 11) is 0. The number of hydrogen-bond donors (Lipinski definition) is 2. The fraction of sp³-hybridized carbons (Fsp3) is 0.136. The molecule has 2 N–H and O–H groups in total. The van der Waals surface area contributed by atoms with E-state index in [0.29, 0.717) is 17.1 Å². The molecule has 0 saturated carbocycles. The average molecular weight is 394 g/mol. The molecule has 0 spiro atoms. The zero-order valence-corrected chi connectivity index (χ0v) is 16.2. The summed E-state index contributed by atoms with van der Waals surface area (Å²) in [6.45, 7) is 2.32. The smallest absolute Gasteiger partial charge is 0.274 e. The first-order chi connectivity index (χ1) is 13.6. The highest BCUT2D eigenvalue weighted by Gasteiger charge is 2.13. The van der Waals surface area contributed by atoms with Crippen LogP contribution in [-0.4, -0.2) is 16.8 Å². The number of halogens is 1. The summed E-state index contributed by atoms with van der Waals surface area (Å²) in [6, 6.07) is 17.9. The molecule has 0 aliphatic carbocycles. The van der Waals surface area contributed by atoms with Crippen molar-refractivity contribution in [3.05, 3.63) is 94.3 Å². The first-order valence-corrected chi connectivity index (χ1v) is 9.33. The number of hydrogen-bond acceptors (Lipinski definition) is 3. The Kier molecular flexibility index (Phi) is 6.40. The van der Waals surface area contributed by atoms with Gasteiger partial charge in [-0.2, -0.15) is 0 Å². The van der Waals surface area contributed by atoms with Crippen LogP contribution in [0.5, 0.6) is 0 Å². The number of rotatable bonds is 6. The van der Waals surface area contributed by atoms with E-state index in [-0.39, 0.29) is 17.5 Å². The van der Waals surface area contributed by atoms with Crippen LogP contribution in [0.25, 0.3) is 0 Å². The van der Waals surface area contributed by atoms with E-state index >= 15 is 0 Å². The van der Waals surface area contributed by atoms with Crippen molar-refractivity contribution in [3.8, 4) is 0 Å². The summed E-state index contributed by atoms with van der Waals surface area (Å²) in [5.74, 6) is -0.660. The predicted octanol–water partition coefficient (Wildman–Crippen LogP) is 4.48. The van der Waals surface area contributed by atoms with Gasteiger partial charge >= 0.3 is 0 Å². The van der Waals surface area contributed by atoms with E-state index in [0.717, 1.165) is 23.2 Å². The average Bonchev–Trinajstić information content (AvgIpc) is 2.73. The molecule has 2 aromatic carbocycles. The molecular formula is C22H20ClN3O2. The Morgan fingerprint density at radius 3 is 2.43 bits per heavy atom. The number of nitrogens with zero attached hydrogens (tertiary/aromatic N) is 1. The van der Waals surface area contributed by atoms with Crippen LogP contribution in [0.2, 0.25) is 5.02 Å². The van der Waals surface area contributed by atoms with Crippen molar-refractivity contribution in [1.29, 1.82) is 0 Å². The van der Waals surface area contributed by atoms with Crippen molar-refractivity contribution in [3.63, 3.8) is 0 Å². The predicted molar refractivity (Wildman–Crippen MR) is 111 cm³/mol. The van der Waals surface area contributed by atoms with Crippen molar-refractivity contribution in [2.24, 2.45) is 0 Å². The van der Waals surface area contributed by atoms with Gasteiger partial charge in [0.25, 0.3) is 11.8 Å². The molecule has 0 bridgehead atoms. The van der Waals surface area contributed by atoms with Crippen LogP contribution in [0.15, 0.2) is 66.9 Å². The molecule has 28 heavy (non-hydrogen) atoms. The summed E-state index contributed by atoms with van der Waals surface area (Å²) in [6.07, 6.45) is 2.25. The van der Waals surface area contributed by atoms with E-state index < -0.39 is 0 Å². The Hall–Kier alpha value is -3.18. The van der Waals surface area contributed by atoms with Crippen molar-refractivity contribution < 1.29 is 9.59 Å². The number of anilines is 1. The minimum Gasteiger partial charge on any atom is -0.348 e. The summed E-state index contributed by atoms with van der Waals surface area (Å²) >= 11 is 6.11. The fourth-order valence-corrected chi connectivity index (χ4v) is 2.95. The number of amides is 2. The normalized spacial score (nSPS) is 10.4. The Balaban J connectivity index is 1.70. The zero-order valence-electron chi connectivity index (χ0n) is 15.4. The molecule has 2 amide bonds. The maximum Gasteiger partial charge on any atom is 0.274 e. The van der Waals surface area contributed by atoms with Gasteiger partial charge in [-0.05, 0) is 41.8 Å². The van der Waals surface area contributed by atoms with Crippen LogP contribution >= 0.6 is 11.6 Å². The lowest BCUT2D eigenvalue weighted by Crippen LogP contribution is -2.24.